The first-order valence-corrected chi connectivity index (χ1v) is 13.8. The summed E-state index contributed by atoms with van der Waals surface area (Å²) in [7, 11) is 0. The van der Waals surface area contributed by atoms with E-state index in [1.165, 1.54) is 54.9 Å². The highest BCUT2D eigenvalue weighted by molar-refractivity contribution is 6.21. The predicted octanol–water partition coefficient (Wildman–Crippen LogP) is 11.1. The van der Waals surface area contributed by atoms with Crippen molar-refractivity contribution in [2.24, 2.45) is 4.99 Å². The van der Waals surface area contributed by atoms with Crippen LogP contribution in [-0.2, 0) is 0 Å². The Morgan fingerprint density at radius 3 is 1.34 bits per heavy atom. The molecular weight excluding hydrogens is 496 g/mol. The lowest BCUT2D eigenvalue weighted by Crippen LogP contribution is -1.92. The lowest BCUT2D eigenvalue weighted by Gasteiger charge is -2.18. The highest BCUT2D eigenvalue weighted by Crippen LogP contribution is 2.44. The number of nitrogens with one attached hydrogen (secondary N) is 1. The fraction of sp³-hybridized carbons (Fsp3) is 0. The number of para-hydroxylation sites is 2. The number of aliphatic imine (C=N–C) groups is 1. The predicted molar refractivity (Wildman–Crippen MR) is 177 cm³/mol. The van der Waals surface area contributed by atoms with Gasteiger partial charge in [-0.25, -0.2) is 0 Å². The van der Waals surface area contributed by atoms with E-state index < -0.39 is 0 Å². The van der Waals surface area contributed by atoms with Crippen molar-refractivity contribution in [1.82, 2.24) is 0 Å². The van der Waals surface area contributed by atoms with Crippen LogP contribution in [0.5, 0.6) is 0 Å². The van der Waals surface area contributed by atoms with Gasteiger partial charge in [0.2, 0.25) is 0 Å². The fourth-order valence-corrected chi connectivity index (χ4v) is 5.80. The Bertz CT molecular complexity index is 1950. The molecule has 0 aliphatic rings. The summed E-state index contributed by atoms with van der Waals surface area (Å²) in [6.45, 7) is 3.70. The minimum absolute atomic E-state index is 0.834. The van der Waals surface area contributed by atoms with Gasteiger partial charge in [0, 0.05) is 5.69 Å². The van der Waals surface area contributed by atoms with Crippen LogP contribution in [0.25, 0.3) is 54.9 Å². The van der Waals surface area contributed by atoms with Gasteiger partial charge in [-0.1, -0.05) is 127 Å². The molecule has 194 valence electrons. The molecule has 1 N–H and O–H groups in total. The lowest BCUT2D eigenvalue weighted by molar-refractivity contribution is 1.49. The summed E-state index contributed by atoms with van der Waals surface area (Å²) in [5.41, 5.74) is 10.2. The Morgan fingerprint density at radius 1 is 0.390 bits per heavy atom. The minimum atomic E-state index is 0.834. The molecule has 0 unspecified atom stereocenters. The van der Waals surface area contributed by atoms with Crippen LogP contribution in [0, 0.1) is 0 Å². The van der Waals surface area contributed by atoms with E-state index in [9.17, 15) is 0 Å². The van der Waals surface area contributed by atoms with E-state index in [-0.39, 0.29) is 0 Å². The Morgan fingerprint density at radius 2 is 0.805 bits per heavy atom. The number of rotatable bonds is 6. The summed E-state index contributed by atoms with van der Waals surface area (Å²) in [6.07, 6.45) is 0. The first-order chi connectivity index (χ1) is 20.3. The normalized spacial score (nSPS) is 11.0. The molecule has 0 atom stereocenters. The second-order valence-corrected chi connectivity index (χ2v) is 10.2. The smallest absolute Gasteiger partial charge is 0.0857 e. The standard InChI is InChI=1S/C39H28N2/c1-40-36-17-9-10-18-37(36)41-31-25-23-30(24-26-31)39-34-15-7-5-13-32(34)38(33-14-6-8-16-35(33)39)29-21-19-28(20-22-29)27-11-3-2-4-12-27/h2-26,41H,1H2. The number of anilines is 2. The molecular formula is C39H28N2. The van der Waals surface area contributed by atoms with Crippen molar-refractivity contribution in [3.63, 3.8) is 0 Å². The quantitative estimate of drug-likeness (QED) is 0.170. The van der Waals surface area contributed by atoms with Crippen LogP contribution >= 0.6 is 0 Å². The van der Waals surface area contributed by atoms with E-state index in [4.69, 9.17) is 0 Å². The lowest BCUT2D eigenvalue weighted by atomic mass is 9.85. The maximum atomic E-state index is 4.14. The van der Waals surface area contributed by atoms with E-state index in [2.05, 4.69) is 144 Å². The molecule has 7 aromatic rings. The fourth-order valence-electron chi connectivity index (χ4n) is 5.80. The summed E-state index contributed by atoms with van der Waals surface area (Å²) < 4.78 is 0. The Hall–Kier alpha value is -5.47. The molecule has 0 heterocycles. The van der Waals surface area contributed by atoms with Crippen molar-refractivity contribution in [3.8, 4) is 33.4 Å². The molecule has 0 saturated carbocycles. The molecule has 0 aromatic heterocycles. The van der Waals surface area contributed by atoms with Crippen molar-refractivity contribution in [3.05, 3.63) is 152 Å². The SMILES string of the molecule is C=Nc1ccccc1Nc1ccc(-c2c3ccccc3c(-c3ccc(-c4ccccc4)cc3)c3ccccc23)cc1. The van der Waals surface area contributed by atoms with Gasteiger partial charge in [-0.3, -0.25) is 4.99 Å². The maximum absolute atomic E-state index is 4.14. The Balaban J connectivity index is 1.36. The molecule has 0 aliphatic heterocycles. The maximum Gasteiger partial charge on any atom is 0.0857 e. The van der Waals surface area contributed by atoms with Crippen molar-refractivity contribution < 1.29 is 0 Å². The largest absolute Gasteiger partial charge is 0.354 e. The van der Waals surface area contributed by atoms with Gasteiger partial charge < -0.3 is 5.32 Å². The van der Waals surface area contributed by atoms with Crippen LogP contribution in [0.2, 0.25) is 0 Å². The van der Waals surface area contributed by atoms with Crippen LogP contribution < -0.4 is 5.32 Å². The van der Waals surface area contributed by atoms with Crippen molar-refractivity contribution >= 4 is 45.3 Å². The number of fused-ring (bicyclic) bond motifs is 2. The zero-order valence-corrected chi connectivity index (χ0v) is 22.6. The van der Waals surface area contributed by atoms with E-state index in [1.807, 2.05) is 24.3 Å². The van der Waals surface area contributed by atoms with Gasteiger partial charge in [0.15, 0.2) is 0 Å². The minimum Gasteiger partial charge on any atom is -0.354 e. The topological polar surface area (TPSA) is 24.4 Å². The number of nitrogens with zero attached hydrogens (tertiary/aromatic N) is 1. The summed E-state index contributed by atoms with van der Waals surface area (Å²) in [4.78, 5) is 4.14. The van der Waals surface area contributed by atoms with E-state index in [0.29, 0.717) is 0 Å². The van der Waals surface area contributed by atoms with Gasteiger partial charge in [0.05, 0.1) is 11.4 Å². The molecule has 0 aliphatic carbocycles. The summed E-state index contributed by atoms with van der Waals surface area (Å²) in [5, 5.41) is 8.48. The highest BCUT2D eigenvalue weighted by atomic mass is 14.9. The average molecular weight is 525 g/mol. The number of hydrogen-bond donors (Lipinski definition) is 1. The number of hydrogen-bond acceptors (Lipinski definition) is 2. The molecule has 0 spiro atoms. The van der Waals surface area contributed by atoms with Gasteiger partial charge in [-0.2, -0.15) is 0 Å². The molecule has 0 amide bonds. The first kappa shape index (κ1) is 24.6. The van der Waals surface area contributed by atoms with Gasteiger partial charge >= 0.3 is 0 Å². The zero-order valence-electron chi connectivity index (χ0n) is 22.6. The molecule has 7 rings (SSSR count). The van der Waals surface area contributed by atoms with Gasteiger partial charge in [0.1, 0.15) is 0 Å². The van der Waals surface area contributed by atoms with Crippen LogP contribution in [0.3, 0.4) is 0 Å². The van der Waals surface area contributed by atoms with E-state index >= 15 is 0 Å². The van der Waals surface area contributed by atoms with Gasteiger partial charge in [-0.15, -0.1) is 0 Å². The molecule has 0 saturated heterocycles. The summed E-state index contributed by atoms with van der Waals surface area (Å²) >= 11 is 0. The molecule has 0 fully saturated rings. The highest BCUT2D eigenvalue weighted by Gasteiger charge is 2.16. The first-order valence-electron chi connectivity index (χ1n) is 13.8. The second-order valence-electron chi connectivity index (χ2n) is 10.2. The van der Waals surface area contributed by atoms with Crippen molar-refractivity contribution in [1.29, 1.82) is 0 Å². The molecule has 0 bridgehead atoms. The molecule has 2 nitrogen and oxygen atoms in total. The molecule has 7 aromatic carbocycles. The summed E-state index contributed by atoms with van der Waals surface area (Å²) in [6, 6.07) is 53.7. The second kappa shape index (κ2) is 10.6. The van der Waals surface area contributed by atoms with Crippen molar-refractivity contribution in [2.45, 2.75) is 0 Å². The molecule has 41 heavy (non-hydrogen) atoms. The third-order valence-electron chi connectivity index (χ3n) is 7.74. The van der Waals surface area contributed by atoms with E-state index in [0.717, 1.165) is 17.1 Å². The van der Waals surface area contributed by atoms with Crippen LogP contribution in [-0.4, -0.2) is 6.72 Å². The Kier molecular flexibility index (Phi) is 6.35. The number of benzene rings is 7. The van der Waals surface area contributed by atoms with E-state index in [1.54, 1.807) is 0 Å². The van der Waals surface area contributed by atoms with Crippen LogP contribution in [0.4, 0.5) is 17.1 Å². The van der Waals surface area contributed by atoms with Crippen LogP contribution in [0.1, 0.15) is 0 Å². The van der Waals surface area contributed by atoms with Crippen LogP contribution in [0.15, 0.2) is 157 Å². The average Bonchev–Trinajstić information content (AvgIpc) is 3.05. The molecule has 0 radical (unpaired) electrons. The third-order valence-corrected chi connectivity index (χ3v) is 7.74. The van der Waals surface area contributed by atoms with Crippen molar-refractivity contribution in [2.75, 3.05) is 5.32 Å². The third kappa shape index (κ3) is 4.56. The van der Waals surface area contributed by atoms with Gasteiger partial charge in [-0.05, 0) is 85.9 Å². The monoisotopic (exact) mass is 524 g/mol. The molecule has 2 heteroatoms. The zero-order chi connectivity index (χ0) is 27.6. The van der Waals surface area contributed by atoms with Gasteiger partial charge in [0.25, 0.3) is 0 Å². The Labute approximate surface area is 240 Å². The summed E-state index contributed by atoms with van der Waals surface area (Å²) in [5.74, 6) is 0.